The van der Waals surface area contributed by atoms with Crippen molar-refractivity contribution in [2.75, 3.05) is 19.6 Å². The Balaban J connectivity index is 1.82. The number of aliphatic hydroxyl groups is 1. The van der Waals surface area contributed by atoms with E-state index in [1.165, 1.54) is 6.07 Å². The van der Waals surface area contributed by atoms with Crippen LogP contribution >= 0.6 is 11.6 Å². The van der Waals surface area contributed by atoms with E-state index < -0.39 is 6.10 Å². The van der Waals surface area contributed by atoms with Crippen molar-refractivity contribution >= 4 is 17.6 Å². The number of nitrogens with zero attached hydrogens (tertiary/aromatic N) is 1. The molecule has 1 aliphatic heterocycles. The highest BCUT2D eigenvalue weighted by Crippen LogP contribution is 2.19. The molecule has 1 atom stereocenters. The van der Waals surface area contributed by atoms with Crippen molar-refractivity contribution in [3.63, 3.8) is 0 Å². The van der Waals surface area contributed by atoms with Gasteiger partial charge in [0.15, 0.2) is 0 Å². The number of nitrogens with one attached hydrogen (secondary N) is 1. The van der Waals surface area contributed by atoms with Crippen LogP contribution in [0.2, 0.25) is 5.02 Å². The molecule has 1 aromatic carbocycles. The van der Waals surface area contributed by atoms with Gasteiger partial charge in [-0.25, -0.2) is 9.18 Å². The third kappa shape index (κ3) is 3.84. The lowest BCUT2D eigenvalue weighted by molar-refractivity contribution is 0.0843. The second kappa shape index (κ2) is 6.90. The van der Waals surface area contributed by atoms with Crippen LogP contribution in [0, 0.1) is 5.82 Å². The van der Waals surface area contributed by atoms with Crippen LogP contribution in [-0.4, -0.2) is 41.8 Å². The van der Waals surface area contributed by atoms with Gasteiger partial charge < -0.3 is 15.3 Å². The molecule has 2 amide bonds. The van der Waals surface area contributed by atoms with Gasteiger partial charge in [-0.05, 0) is 31.4 Å². The average Bonchev–Trinajstić information content (AvgIpc) is 2.42. The number of benzene rings is 1. The lowest BCUT2D eigenvalue weighted by atomic mass is 10.1. The number of β-amino-alcohol motifs (C(OH)–C–C–N with tert-alkyl or cyclic N) is 1. The largest absolute Gasteiger partial charge is 0.391 e. The van der Waals surface area contributed by atoms with Crippen molar-refractivity contribution in [2.24, 2.45) is 0 Å². The molecule has 1 heterocycles. The number of carbonyl (C=O) groups excluding carboxylic acids is 1. The van der Waals surface area contributed by atoms with E-state index in [1.54, 1.807) is 17.0 Å². The fraction of sp³-hybridized carbons (Fsp3) is 0.500. The van der Waals surface area contributed by atoms with Crippen LogP contribution < -0.4 is 5.32 Å². The van der Waals surface area contributed by atoms with Crippen molar-refractivity contribution in [2.45, 2.75) is 25.4 Å². The molecule has 1 aliphatic rings. The van der Waals surface area contributed by atoms with Crippen LogP contribution in [0.4, 0.5) is 9.18 Å². The number of piperidine rings is 1. The van der Waals surface area contributed by atoms with Crippen LogP contribution in [0.1, 0.15) is 18.4 Å². The van der Waals surface area contributed by atoms with Gasteiger partial charge in [0.05, 0.1) is 6.10 Å². The minimum Gasteiger partial charge on any atom is -0.391 e. The number of hydrogen-bond donors (Lipinski definition) is 2. The molecular weight excluding hydrogens is 283 g/mol. The van der Waals surface area contributed by atoms with Crippen LogP contribution in [0.25, 0.3) is 0 Å². The highest BCUT2D eigenvalue weighted by atomic mass is 35.5. The summed E-state index contributed by atoms with van der Waals surface area (Å²) in [5.41, 5.74) is 0.410. The summed E-state index contributed by atoms with van der Waals surface area (Å²) >= 11 is 5.92. The molecule has 0 bridgehead atoms. The maximum atomic E-state index is 13.5. The van der Waals surface area contributed by atoms with Crippen LogP contribution in [0.5, 0.6) is 0 Å². The maximum Gasteiger partial charge on any atom is 0.317 e. The molecule has 0 saturated carbocycles. The average molecular weight is 301 g/mol. The number of halogens is 2. The Morgan fingerprint density at radius 1 is 1.55 bits per heavy atom. The predicted octanol–water partition coefficient (Wildman–Crippen LogP) is 2.19. The van der Waals surface area contributed by atoms with E-state index in [2.05, 4.69) is 5.32 Å². The molecule has 6 heteroatoms. The minimum absolute atomic E-state index is 0.226. The molecule has 1 unspecified atom stereocenters. The van der Waals surface area contributed by atoms with Gasteiger partial charge in [0, 0.05) is 30.2 Å². The zero-order valence-electron chi connectivity index (χ0n) is 11.1. The number of rotatable bonds is 3. The Morgan fingerprint density at radius 3 is 3.05 bits per heavy atom. The van der Waals surface area contributed by atoms with Gasteiger partial charge in [-0.3, -0.25) is 0 Å². The van der Waals surface area contributed by atoms with Crippen molar-refractivity contribution in [3.8, 4) is 0 Å². The van der Waals surface area contributed by atoms with Crippen molar-refractivity contribution in [3.05, 3.63) is 34.6 Å². The monoisotopic (exact) mass is 300 g/mol. The first-order chi connectivity index (χ1) is 9.58. The second-order valence-electron chi connectivity index (χ2n) is 4.92. The molecular formula is C14H18ClFN2O2. The number of carbonyl (C=O) groups is 1. The van der Waals surface area contributed by atoms with Crippen molar-refractivity contribution < 1.29 is 14.3 Å². The number of aliphatic hydroxyl groups excluding tert-OH is 1. The van der Waals surface area contributed by atoms with Gasteiger partial charge in [0.2, 0.25) is 0 Å². The van der Waals surface area contributed by atoms with Crippen molar-refractivity contribution in [1.82, 2.24) is 10.2 Å². The van der Waals surface area contributed by atoms with Crippen LogP contribution in [0.3, 0.4) is 0 Å². The fourth-order valence-electron chi connectivity index (χ4n) is 2.32. The lowest BCUT2D eigenvalue weighted by Crippen LogP contribution is -2.47. The molecule has 0 aromatic heterocycles. The van der Waals surface area contributed by atoms with E-state index in [9.17, 15) is 14.3 Å². The Labute approximate surface area is 122 Å². The molecule has 1 fully saturated rings. The molecule has 1 saturated heterocycles. The zero-order valence-corrected chi connectivity index (χ0v) is 11.9. The van der Waals surface area contributed by atoms with Gasteiger partial charge in [0.25, 0.3) is 0 Å². The zero-order chi connectivity index (χ0) is 14.5. The summed E-state index contributed by atoms with van der Waals surface area (Å²) in [5.74, 6) is -0.361. The van der Waals surface area contributed by atoms with E-state index in [0.29, 0.717) is 36.6 Å². The van der Waals surface area contributed by atoms with E-state index in [0.717, 1.165) is 12.8 Å². The predicted molar refractivity (Wildman–Crippen MR) is 75.3 cm³/mol. The summed E-state index contributed by atoms with van der Waals surface area (Å²) in [4.78, 5) is 13.5. The van der Waals surface area contributed by atoms with Crippen LogP contribution in [0.15, 0.2) is 18.2 Å². The second-order valence-corrected chi connectivity index (χ2v) is 5.33. The Kier molecular flexibility index (Phi) is 5.20. The topological polar surface area (TPSA) is 52.6 Å². The number of urea groups is 1. The normalized spacial score (nSPS) is 18.9. The minimum atomic E-state index is -0.449. The van der Waals surface area contributed by atoms with E-state index in [-0.39, 0.29) is 11.8 Å². The van der Waals surface area contributed by atoms with E-state index in [4.69, 9.17) is 11.6 Å². The van der Waals surface area contributed by atoms with Gasteiger partial charge in [-0.15, -0.1) is 0 Å². The summed E-state index contributed by atoms with van der Waals surface area (Å²) in [7, 11) is 0. The summed E-state index contributed by atoms with van der Waals surface area (Å²) in [6.07, 6.45) is 1.42. The molecule has 4 nitrogen and oxygen atoms in total. The number of likely N-dealkylation sites (tertiary alicyclic amines) is 1. The first kappa shape index (κ1) is 15.1. The summed E-state index contributed by atoms with van der Waals surface area (Å²) in [5, 5.41) is 12.6. The Morgan fingerprint density at radius 2 is 2.35 bits per heavy atom. The Bertz CT molecular complexity index is 464. The van der Waals surface area contributed by atoms with E-state index in [1.807, 2.05) is 0 Å². The van der Waals surface area contributed by atoms with Gasteiger partial charge in [-0.2, -0.15) is 0 Å². The number of hydrogen-bond acceptors (Lipinski definition) is 2. The van der Waals surface area contributed by atoms with Gasteiger partial charge >= 0.3 is 6.03 Å². The summed E-state index contributed by atoms with van der Waals surface area (Å²) in [6, 6.07) is 4.30. The maximum absolute atomic E-state index is 13.5. The molecule has 110 valence electrons. The fourth-order valence-corrected chi connectivity index (χ4v) is 2.57. The first-order valence-electron chi connectivity index (χ1n) is 6.71. The summed E-state index contributed by atoms with van der Waals surface area (Å²) < 4.78 is 13.5. The highest BCUT2D eigenvalue weighted by molar-refractivity contribution is 6.31. The third-order valence-electron chi connectivity index (χ3n) is 3.40. The van der Waals surface area contributed by atoms with Crippen LogP contribution in [-0.2, 0) is 6.42 Å². The molecule has 0 aliphatic carbocycles. The van der Waals surface area contributed by atoms with Gasteiger partial charge in [0.1, 0.15) is 5.82 Å². The molecule has 2 N–H and O–H groups in total. The molecule has 20 heavy (non-hydrogen) atoms. The third-order valence-corrected chi connectivity index (χ3v) is 3.75. The van der Waals surface area contributed by atoms with E-state index >= 15 is 0 Å². The standard InChI is InChI=1S/C14H18ClFN2O2/c15-12-4-1-5-13(16)11(12)6-7-17-14(20)18-8-2-3-10(19)9-18/h1,4-5,10,19H,2-3,6-9H2,(H,17,20). The lowest BCUT2D eigenvalue weighted by Gasteiger charge is -2.30. The quantitative estimate of drug-likeness (QED) is 0.899. The SMILES string of the molecule is O=C(NCCc1c(F)cccc1Cl)N1CCCC(O)C1. The highest BCUT2D eigenvalue weighted by Gasteiger charge is 2.21. The number of amides is 2. The molecule has 1 aromatic rings. The first-order valence-corrected chi connectivity index (χ1v) is 7.09. The van der Waals surface area contributed by atoms with Gasteiger partial charge in [-0.1, -0.05) is 17.7 Å². The van der Waals surface area contributed by atoms with Crippen molar-refractivity contribution in [1.29, 1.82) is 0 Å². The smallest absolute Gasteiger partial charge is 0.317 e. The molecule has 0 radical (unpaired) electrons. The summed E-state index contributed by atoms with van der Waals surface area (Å²) in [6.45, 7) is 1.31. The molecule has 2 rings (SSSR count). The molecule has 0 spiro atoms. The Hall–Kier alpha value is -1.33.